The molecule has 0 amide bonds. The second-order valence-corrected chi connectivity index (χ2v) is 5.45. The van der Waals surface area contributed by atoms with Gasteiger partial charge in [0.05, 0.1) is 6.10 Å². The van der Waals surface area contributed by atoms with Crippen molar-refractivity contribution in [1.82, 2.24) is 0 Å². The molecule has 0 spiro atoms. The van der Waals surface area contributed by atoms with Crippen molar-refractivity contribution in [2.45, 2.75) is 12.0 Å². The highest BCUT2D eigenvalue weighted by Crippen LogP contribution is 2.31. The third kappa shape index (κ3) is 2.86. The number of hydrogen-bond acceptors (Lipinski definition) is 2. The van der Waals surface area contributed by atoms with E-state index in [1.165, 1.54) is 12.1 Å². The molecule has 0 heterocycles. The number of halogens is 1. The Morgan fingerprint density at radius 2 is 1.50 bits per heavy atom. The van der Waals surface area contributed by atoms with Crippen molar-refractivity contribution in [3.8, 4) is 0 Å². The number of nitrogens with two attached hydrogens (primary N) is 1. The van der Waals surface area contributed by atoms with Gasteiger partial charge in [0.2, 0.25) is 0 Å². The second-order valence-electron chi connectivity index (χ2n) is 5.45. The van der Waals surface area contributed by atoms with Crippen molar-refractivity contribution in [3.63, 3.8) is 0 Å². The molecule has 0 aromatic heterocycles. The maximum absolute atomic E-state index is 13.0. The first kappa shape index (κ1) is 14.7. The third-order valence-electron chi connectivity index (χ3n) is 4.05. The molecule has 0 aliphatic rings. The molecule has 3 N–H and O–H groups in total. The average molecular weight is 295 g/mol. The lowest BCUT2D eigenvalue weighted by molar-refractivity contribution is 0.147. The normalized spacial score (nSPS) is 14.0. The van der Waals surface area contributed by atoms with Crippen LogP contribution in [0.3, 0.4) is 0 Å². The van der Waals surface area contributed by atoms with Gasteiger partial charge in [0.1, 0.15) is 5.82 Å². The molecule has 112 valence electrons. The van der Waals surface area contributed by atoms with Gasteiger partial charge in [0.25, 0.3) is 0 Å². The number of benzene rings is 3. The Morgan fingerprint density at radius 3 is 2.18 bits per heavy atom. The molecule has 3 aromatic rings. The number of hydrogen-bond donors (Lipinski definition) is 2. The van der Waals surface area contributed by atoms with Gasteiger partial charge in [-0.1, -0.05) is 54.6 Å². The van der Waals surface area contributed by atoms with Crippen molar-refractivity contribution < 1.29 is 9.50 Å². The summed E-state index contributed by atoms with van der Waals surface area (Å²) in [6.07, 6.45) is -0.758. The van der Waals surface area contributed by atoms with Crippen LogP contribution in [0.1, 0.15) is 23.1 Å². The van der Waals surface area contributed by atoms with Crippen LogP contribution >= 0.6 is 0 Å². The zero-order valence-electron chi connectivity index (χ0n) is 12.1. The van der Waals surface area contributed by atoms with E-state index in [2.05, 4.69) is 6.07 Å². The molecule has 3 heteroatoms. The van der Waals surface area contributed by atoms with Crippen LogP contribution in [-0.2, 0) is 0 Å². The van der Waals surface area contributed by atoms with E-state index in [9.17, 15) is 9.50 Å². The van der Waals surface area contributed by atoms with Gasteiger partial charge in [0, 0.05) is 12.5 Å². The van der Waals surface area contributed by atoms with E-state index in [0.717, 1.165) is 16.3 Å². The van der Waals surface area contributed by atoms with Crippen LogP contribution in [0.15, 0.2) is 66.7 Å². The minimum Gasteiger partial charge on any atom is -0.388 e. The van der Waals surface area contributed by atoms with Gasteiger partial charge in [-0.25, -0.2) is 4.39 Å². The maximum atomic E-state index is 13.0. The number of aliphatic hydroxyl groups is 1. The molecule has 0 saturated carbocycles. The predicted octanol–water partition coefficient (Wildman–Crippen LogP) is 3.75. The summed E-state index contributed by atoms with van der Waals surface area (Å²) >= 11 is 0. The van der Waals surface area contributed by atoms with Gasteiger partial charge in [-0.15, -0.1) is 0 Å². The summed E-state index contributed by atoms with van der Waals surface area (Å²) < 4.78 is 13.0. The molecule has 3 aromatic carbocycles. The van der Waals surface area contributed by atoms with Gasteiger partial charge >= 0.3 is 0 Å². The Balaban J connectivity index is 1.96. The minimum absolute atomic E-state index is 0.227. The number of fused-ring (bicyclic) bond motifs is 1. The zero-order valence-corrected chi connectivity index (χ0v) is 12.1. The summed E-state index contributed by atoms with van der Waals surface area (Å²) in [7, 11) is 0. The molecule has 2 atom stereocenters. The maximum Gasteiger partial charge on any atom is 0.123 e. The van der Waals surface area contributed by atoms with E-state index >= 15 is 0 Å². The summed E-state index contributed by atoms with van der Waals surface area (Å²) in [4.78, 5) is 0. The van der Waals surface area contributed by atoms with Crippen LogP contribution < -0.4 is 5.73 Å². The van der Waals surface area contributed by atoms with Crippen molar-refractivity contribution in [2.24, 2.45) is 5.73 Å². The third-order valence-corrected chi connectivity index (χ3v) is 4.05. The van der Waals surface area contributed by atoms with Gasteiger partial charge in [-0.3, -0.25) is 0 Å². The van der Waals surface area contributed by atoms with Crippen molar-refractivity contribution in [3.05, 3.63) is 83.7 Å². The van der Waals surface area contributed by atoms with Crippen LogP contribution in [0.25, 0.3) is 10.8 Å². The van der Waals surface area contributed by atoms with Crippen LogP contribution in [0.2, 0.25) is 0 Å². The summed E-state index contributed by atoms with van der Waals surface area (Å²) in [6, 6.07) is 20.1. The average Bonchev–Trinajstić information content (AvgIpc) is 2.56. The molecular formula is C19H18FNO. The zero-order chi connectivity index (χ0) is 15.5. The molecular weight excluding hydrogens is 277 g/mol. The van der Waals surface area contributed by atoms with Crippen LogP contribution in [-0.4, -0.2) is 11.7 Å². The Labute approximate surface area is 129 Å². The molecule has 0 fully saturated rings. The van der Waals surface area contributed by atoms with Gasteiger partial charge in [-0.05, 0) is 34.0 Å². The fraction of sp³-hybridized carbons (Fsp3) is 0.158. The standard InChI is InChI=1S/C19H18FNO/c20-17-9-7-14(8-10-17)19(22)18(12-21)16-6-5-13-3-1-2-4-15(13)11-16/h1-11,18-19,22H,12,21H2. The molecule has 3 rings (SSSR count). The topological polar surface area (TPSA) is 46.2 Å². The van der Waals surface area contributed by atoms with Crippen LogP contribution in [0.4, 0.5) is 4.39 Å². The highest BCUT2D eigenvalue weighted by atomic mass is 19.1. The van der Waals surface area contributed by atoms with Crippen molar-refractivity contribution in [1.29, 1.82) is 0 Å². The summed E-state index contributed by atoms with van der Waals surface area (Å²) in [5, 5.41) is 12.9. The number of rotatable bonds is 4. The Kier molecular flexibility index (Phi) is 4.18. The summed E-state index contributed by atoms with van der Waals surface area (Å²) in [5.74, 6) is -0.541. The first-order valence-corrected chi connectivity index (χ1v) is 7.31. The largest absolute Gasteiger partial charge is 0.388 e. The molecule has 0 aliphatic heterocycles. The molecule has 0 aliphatic carbocycles. The van der Waals surface area contributed by atoms with E-state index in [1.54, 1.807) is 12.1 Å². The van der Waals surface area contributed by atoms with Gasteiger partial charge in [-0.2, -0.15) is 0 Å². The highest BCUT2D eigenvalue weighted by molar-refractivity contribution is 5.83. The first-order chi connectivity index (χ1) is 10.7. The summed E-state index contributed by atoms with van der Waals surface area (Å²) in [6.45, 7) is 0.316. The van der Waals surface area contributed by atoms with E-state index in [0.29, 0.717) is 12.1 Å². The second kappa shape index (κ2) is 6.26. The van der Waals surface area contributed by atoms with Crippen molar-refractivity contribution in [2.75, 3.05) is 6.54 Å². The van der Waals surface area contributed by atoms with E-state index in [1.807, 2.05) is 36.4 Å². The monoisotopic (exact) mass is 295 g/mol. The Bertz CT molecular complexity index is 770. The van der Waals surface area contributed by atoms with Crippen molar-refractivity contribution >= 4 is 10.8 Å². The smallest absolute Gasteiger partial charge is 0.123 e. The number of aliphatic hydroxyl groups excluding tert-OH is 1. The lowest BCUT2D eigenvalue weighted by Crippen LogP contribution is -2.20. The molecule has 0 bridgehead atoms. The molecule has 0 saturated heterocycles. The minimum atomic E-state index is -0.758. The molecule has 22 heavy (non-hydrogen) atoms. The van der Waals surface area contributed by atoms with Crippen LogP contribution in [0, 0.1) is 5.82 Å². The molecule has 2 unspecified atom stereocenters. The lowest BCUT2D eigenvalue weighted by Gasteiger charge is -2.22. The van der Waals surface area contributed by atoms with E-state index in [4.69, 9.17) is 5.73 Å². The summed E-state index contributed by atoms with van der Waals surface area (Å²) in [5.41, 5.74) is 7.54. The first-order valence-electron chi connectivity index (χ1n) is 7.31. The Morgan fingerprint density at radius 1 is 0.864 bits per heavy atom. The molecule has 0 radical (unpaired) electrons. The predicted molar refractivity (Wildman–Crippen MR) is 87.1 cm³/mol. The van der Waals surface area contributed by atoms with Gasteiger partial charge in [0.15, 0.2) is 0 Å². The SMILES string of the molecule is NCC(c1ccc2ccccc2c1)C(O)c1ccc(F)cc1. The van der Waals surface area contributed by atoms with Crippen LogP contribution in [0.5, 0.6) is 0 Å². The van der Waals surface area contributed by atoms with E-state index in [-0.39, 0.29) is 11.7 Å². The fourth-order valence-corrected chi connectivity index (χ4v) is 2.78. The quantitative estimate of drug-likeness (QED) is 0.770. The Hall–Kier alpha value is -2.23. The van der Waals surface area contributed by atoms with Gasteiger partial charge < -0.3 is 10.8 Å². The fourth-order valence-electron chi connectivity index (χ4n) is 2.78. The molecule has 2 nitrogen and oxygen atoms in total. The highest BCUT2D eigenvalue weighted by Gasteiger charge is 2.21. The lowest BCUT2D eigenvalue weighted by atomic mass is 9.88. The van der Waals surface area contributed by atoms with E-state index < -0.39 is 6.10 Å².